The summed E-state index contributed by atoms with van der Waals surface area (Å²) in [5, 5.41) is 7.86. The summed E-state index contributed by atoms with van der Waals surface area (Å²) in [5.74, 6) is 5.65. The van der Waals surface area contributed by atoms with Gasteiger partial charge >= 0.3 is 0 Å². The van der Waals surface area contributed by atoms with Crippen LogP contribution in [0.5, 0.6) is 0 Å². The van der Waals surface area contributed by atoms with Crippen LogP contribution < -0.4 is 21.7 Å². The van der Waals surface area contributed by atoms with Crippen LogP contribution in [0.2, 0.25) is 0 Å². The number of hydrogen-bond acceptors (Lipinski definition) is 4. The molecule has 17 heavy (non-hydrogen) atoms. The Morgan fingerprint density at radius 3 is 2.35 bits per heavy atom. The van der Waals surface area contributed by atoms with E-state index in [-0.39, 0.29) is 4.90 Å². The largest absolute Gasteiger partial charge is 0.325 e. The van der Waals surface area contributed by atoms with Crippen molar-refractivity contribution in [3.05, 3.63) is 24.3 Å². The smallest absolute Gasteiger partial charge is 0.238 e. The Balaban J connectivity index is 2.85. The number of sulfonamides is 1. The number of nitrogens with zero attached hydrogens (tertiary/aromatic N) is 1. The third-order valence-electron chi connectivity index (χ3n) is 1.90. The maximum Gasteiger partial charge on any atom is 0.238 e. The average Bonchev–Trinajstić information content (AvgIpc) is 2.28. The fourth-order valence-corrected chi connectivity index (χ4v) is 1.66. The number of rotatable bonds is 3. The summed E-state index contributed by atoms with van der Waals surface area (Å²) >= 11 is 0. The second-order valence-electron chi connectivity index (χ2n) is 3.16. The molecule has 0 aromatic heterocycles. The van der Waals surface area contributed by atoms with Crippen molar-refractivity contribution in [3.63, 3.8) is 0 Å². The van der Waals surface area contributed by atoms with E-state index in [1.807, 2.05) is 6.92 Å². The van der Waals surface area contributed by atoms with Gasteiger partial charge in [0.05, 0.1) is 4.90 Å². The minimum Gasteiger partial charge on any atom is -0.325 e. The quantitative estimate of drug-likeness (QED) is 0.253. The molecule has 0 unspecified atom stereocenters. The number of hydrogen-bond donors (Lipinski definition) is 4. The molecule has 0 spiro atoms. The number of anilines is 1. The summed E-state index contributed by atoms with van der Waals surface area (Å²) in [5.41, 5.74) is 3.05. The summed E-state index contributed by atoms with van der Waals surface area (Å²) in [4.78, 5) is 4.09. The van der Waals surface area contributed by atoms with Crippen LogP contribution >= 0.6 is 0 Å². The Morgan fingerprint density at radius 2 is 1.94 bits per heavy atom. The zero-order valence-electron chi connectivity index (χ0n) is 9.34. The Morgan fingerprint density at radius 1 is 1.35 bits per heavy atom. The molecule has 0 aliphatic carbocycles. The number of hydrazine groups is 1. The van der Waals surface area contributed by atoms with E-state index in [4.69, 9.17) is 11.0 Å². The maximum absolute atomic E-state index is 11.0. The van der Waals surface area contributed by atoms with Gasteiger partial charge in [-0.1, -0.05) is 0 Å². The van der Waals surface area contributed by atoms with Gasteiger partial charge in [0.15, 0.2) is 0 Å². The predicted octanol–water partition coefficient (Wildman–Crippen LogP) is -0.415. The maximum atomic E-state index is 11.0. The van der Waals surface area contributed by atoms with Crippen LogP contribution in [0.3, 0.4) is 0 Å². The monoisotopic (exact) mass is 257 g/mol. The highest BCUT2D eigenvalue weighted by molar-refractivity contribution is 7.89. The molecule has 0 saturated carbocycles. The molecule has 0 fully saturated rings. The van der Waals surface area contributed by atoms with Crippen LogP contribution in [0.1, 0.15) is 6.92 Å². The van der Waals surface area contributed by atoms with E-state index >= 15 is 0 Å². The first-order chi connectivity index (χ1) is 7.97. The molecule has 0 atom stereocenters. The molecule has 1 aromatic carbocycles. The molecule has 94 valence electrons. The molecule has 0 saturated heterocycles. The zero-order chi connectivity index (χ0) is 12.9. The highest BCUT2D eigenvalue weighted by Crippen LogP contribution is 2.12. The van der Waals surface area contributed by atoms with E-state index in [0.29, 0.717) is 18.2 Å². The first-order valence-electron chi connectivity index (χ1n) is 4.88. The minimum absolute atomic E-state index is 0.0535. The van der Waals surface area contributed by atoms with Gasteiger partial charge < -0.3 is 5.32 Å². The van der Waals surface area contributed by atoms with Crippen molar-refractivity contribution in [1.82, 2.24) is 5.43 Å². The van der Waals surface area contributed by atoms with Gasteiger partial charge in [0.2, 0.25) is 16.0 Å². The van der Waals surface area contributed by atoms with Crippen LogP contribution in [-0.2, 0) is 10.0 Å². The highest BCUT2D eigenvalue weighted by Gasteiger charge is 2.06. The fraction of sp³-hybridized carbons (Fsp3) is 0.222. The number of guanidine groups is 1. The highest BCUT2D eigenvalue weighted by atomic mass is 32.2. The minimum atomic E-state index is -3.66. The van der Waals surface area contributed by atoms with Gasteiger partial charge in [-0.3, -0.25) is 10.4 Å². The lowest BCUT2D eigenvalue weighted by Gasteiger charge is -2.08. The molecule has 7 nitrogen and oxygen atoms in total. The molecule has 1 rings (SSSR count). The topological polar surface area (TPSA) is 123 Å². The molecular formula is C9H15N5O2S. The van der Waals surface area contributed by atoms with E-state index in [1.54, 1.807) is 12.1 Å². The molecule has 0 radical (unpaired) electrons. The van der Waals surface area contributed by atoms with Crippen molar-refractivity contribution in [2.45, 2.75) is 11.8 Å². The van der Waals surface area contributed by atoms with Gasteiger partial charge in [-0.2, -0.15) is 0 Å². The van der Waals surface area contributed by atoms with E-state index in [2.05, 4.69) is 15.7 Å². The molecule has 1 aromatic rings. The summed E-state index contributed by atoms with van der Waals surface area (Å²) in [6, 6.07) is 5.94. The van der Waals surface area contributed by atoms with Crippen molar-refractivity contribution in [1.29, 1.82) is 0 Å². The summed E-state index contributed by atoms with van der Waals surface area (Å²) in [6.45, 7) is 2.44. The zero-order valence-corrected chi connectivity index (χ0v) is 10.2. The van der Waals surface area contributed by atoms with E-state index < -0.39 is 10.0 Å². The van der Waals surface area contributed by atoms with Gasteiger partial charge in [-0.25, -0.2) is 19.4 Å². The number of nitrogens with one attached hydrogen (secondary N) is 2. The second-order valence-corrected chi connectivity index (χ2v) is 4.72. The lowest BCUT2D eigenvalue weighted by atomic mass is 10.3. The lowest BCUT2D eigenvalue weighted by Crippen LogP contribution is -2.36. The SMILES string of the molecule is CCN=C(NN)Nc1ccc(S(N)(=O)=O)cc1. The third-order valence-corrected chi connectivity index (χ3v) is 2.83. The van der Waals surface area contributed by atoms with Crippen LogP contribution in [-0.4, -0.2) is 20.9 Å². The van der Waals surface area contributed by atoms with Gasteiger partial charge in [0.25, 0.3) is 0 Å². The third kappa shape index (κ3) is 4.02. The van der Waals surface area contributed by atoms with Crippen LogP contribution in [0.4, 0.5) is 5.69 Å². The molecule has 0 heterocycles. The Hall–Kier alpha value is -1.64. The lowest BCUT2D eigenvalue weighted by molar-refractivity contribution is 0.598. The van der Waals surface area contributed by atoms with Crippen molar-refractivity contribution >= 4 is 21.7 Å². The molecule has 8 heteroatoms. The first-order valence-corrected chi connectivity index (χ1v) is 6.43. The van der Waals surface area contributed by atoms with Gasteiger partial charge in [-0.05, 0) is 31.2 Å². The molecule has 0 amide bonds. The number of primary sulfonamides is 1. The standard InChI is InChI=1S/C9H15N5O2S/c1-2-12-9(14-10)13-7-3-5-8(6-4-7)17(11,15)16/h3-6H,2,10H2,1H3,(H2,11,15,16)(H2,12,13,14). The van der Waals surface area contributed by atoms with Crippen LogP contribution in [0.25, 0.3) is 0 Å². The summed E-state index contributed by atoms with van der Waals surface area (Å²) < 4.78 is 22.1. The van der Waals surface area contributed by atoms with E-state index in [1.165, 1.54) is 12.1 Å². The van der Waals surface area contributed by atoms with Gasteiger partial charge in [0.1, 0.15) is 0 Å². The Labute approximate surface area is 99.9 Å². The average molecular weight is 257 g/mol. The Bertz CT molecular complexity index is 495. The molecule has 0 aliphatic heterocycles. The van der Waals surface area contributed by atoms with E-state index in [0.717, 1.165) is 0 Å². The number of benzene rings is 1. The van der Waals surface area contributed by atoms with Crippen molar-refractivity contribution in [3.8, 4) is 0 Å². The van der Waals surface area contributed by atoms with Crippen LogP contribution in [0.15, 0.2) is 34.2 Å². The number of nitrogens with two attached hydrogens (primary N) is 2. The summed E-state index contributed by atoms with van der Waals surface area (Å²) in [6.07, 6.45) is 0. The fourth-order valence-electron chi connectivity index (χ4n) is 1.14. The van der Waals surface area contributed by atoms with E-state index in [9.17, 15) is 8.42 Å². The van der Waals surface area contributed by atoms with Crippen molar-refractivity contribution < 1.29 is 8.42 Å². The predicted molar refractivity (Wildman–Crippen MR) is 66.7 cm³/mol. The molecule has 6 N–H and O–H groups in total. The van der Waals surface area contributed by atoms with Crippen molar-refractivity contribution in [2.75, 3.05) is 11.9 Å². The number of aliphatic imine (C=N–C) groups is 1. The van der Waals surface area contributed by atoms with Gasteiger partial charge in [-0.15, -0.1) is 0 Å². The van der Waals surface area contributed by atoms with Crippen LogP contribution in [0, 0.1) is 0 Å². The summed E-state index contributed by atoms with van der Waals surface area (Å²) in [7, 11) is -3.66. The molecule has 0 aliphatic rings. The first kappa shape index (κ1) is 13.4. The normalized spacial score (nSPS) is 12.3. The van der Waals surface area contributed by atoms with Gasteiger partial charge in [0, 0.05) is 12.2 Å². The second kappa shape index (κ2) is 5.62. The Kier molecular flexibility index (Phi) is 4.44. The van der Waals surface area contributed by atoms with Crippen molar-refractivity contribution in [2.24, 2.45) is 16.0 Å². The molecule has 0 bridgehead atoms. The molecular weight excluding hydrogens is 242 g/mol.